The lowest BCUT2D eigenvalue weighted by atomic mass is 9.83. The molecule has 1 spiro atoms. The number of hydrogen-bond donors (Lipinski definition) is 1. The van der Waals surface area contributed by atoms with Crippen LogP contribution in [0.4, 0.5) is 0 Å². The lowest BCUT2D eigenvalue weighted by molar-refractivity contribution is -0.128. The number of benzene rings is 1. The third-order valence-electron chi connectivity index (χ3n) is 7.11. The van der Waals surface area contributed by atoms with E-state index >= 15 is 0 Å². The minimum absolute atomic E-state index is 0.0753. The van der Waals surface area contributed by atoms with Crippen molar-refractivity contribution in [3.63, 3.8) is 0 Å². The Morgan fingerprint density at radius 2 is 1.87 bits per heavy atom. The second-order valence-corrected chi connectivity index (χ2v) is 9.21. The Morgan fingerprint density at radius 3 is 2.57 bits per heavy atom. The number of carbonyl (C=O) groups is 2. The number of carbonyl (C=O) groups excluding carboxylic acids is 2. The van der Waals surface area contributed by atoms with Gasteiger partial charge in [0.25, 0.3) is 5.91 Å². The van der Waals surface area contributed by atoms with E-state index in [9.17, 15) is 9.59 Å². The van der Waals surface area contributed by atoms with Crippen LogP contribution in [0.15, 0.2) is 24.3 Å². The van der Waals surface area contributed by atoms with E-state index in [0.717, 1.165) is 51.4 Å². The molecule has 3 fully saturated rings. The van der Waals surface area contributed by atoms with Crippen molar-refractivity contribution in [1.82, 2.24) is 10.2 Å². The molecule has 1 aliphatic heterocycles. The van der Waals surface area contributed by atoms with Crippen LogP contribution in [-0.2, 0) is 9.53 Å². The predicted molar refractivity (Wildman–Crippen MR) is 114 cm³/mol. The summed E-state index contributed by atoms with van der Waals surface area (Å²) >= 11 is 0. The molecule has 0 bridgehead atoms. The third-order valence-corrected chi connectivity index (χ3v) is 7.11. The van der Waals surface area contributed by atoms with Crippen molar-refractivity contribution >= 4 is 11.8 Å². The van der Waals surface area contributed by atoms with Crippen molar-refractivity contribution < 1.29 is 19.1 Å². The molecule has 1 atom stereocenters. The van der Waals surface area contributed by atoms with Gasteiger partial charge in [-0.1, -0.05) is 32.3 Å². The molecule has 0 aromatic heterocycles. The molecule has 0 unspecified atom stereocenters. The Hall–Kier alpha value is -2.08. The van der Waals surface area contributed by atoms with Crippen molar-refractivity contribution in [1.29, 1.82) is 0 Å². The highest BCUT2D eigenvalue weighted by molar-refractivity contribution is 5.98. The molecule has 2 amide bonds. The number of hydrogen-bond acceptors (Lipinski definition) is 4. The van der Waals surface area contributed by atoms with Crippen LogP contribution in [0.2, 0.25) is 0 Å². The molecule has 6 heteroatoms. The van der Waals surface area contributed by atoms with Crippen LogP contribution < -0.4 is 10.1 Å². The number of nitrogens with zero attached hydrogens (tertiary/aromatic N) is 1. The number of amides is 2. The van der Waals surface area contributed by atoms with Gasteiger partial charge < -0.3 is 14.8 Å². The molecule has 3 aliphatic rings. The Bertz CT molecular complexity index is 766. The highest BCUT2D eigenvalue weighted by atomic mass is 16.5. The van der Waals surface area contributed by atoms with Crippen molar-refractivity contribution in [2.45, 2.75) is 82.5 Å². The Morgan fingerprint density at radius 1 is 1.13 bits per heavy atom. The second kappa shape index (κ2) is 8.96. The maximum absolute atomic E-state index is 13.7. The van der Waals surface area contributed by atoms with E-state index in [4.69, 9.17) is 9.47 Å². The first-order chi connectivity index (χ1) is 14.5. The van der Waals surface area contributed by atoms with E-state index in [0.29, 0.717) is 17.2 Å². The zero-order valence-corrected chi connectivity index (χ0v) is 18.2. The number of methoxy groups -OCH3 is 1. The first kappa shape index (κ1) is 21.2. The molecule has 0 radical (unpaired) electrons. The van der Waals surface area contributed by atoms with Gasteiger partial charge in [0.1, 0.15) is 17.5 Å². The lowest BCUT2D eigenvalue weighted by Gasteiger charge is -2.43. The zero-order chi connectivity index (χ0) is 21.1. The minimum Gasteiger partial charge on any atom is -0.497 e. The summed E-state index contributed by atoms with van der Waals surface area (Å²) in [7, 11) is 1.59. The predicted octanol–water partition coefficient (Wildman–Crippen LogP) is 3.89. The van der Waals surface area contributed by atoms with E-state index in [1.54, 1.807) is 24.1 Å². The Kier molecular flexibility index (Phi) is 6.32. The third kappa shape index (κ3) is 4.20. The molecule has 30 heavy (non-hydrogen) atoms. The van der Waals surface area contributed by atoms with Gasteiger partial charge in [-0.15, -0.1) is 0 Å². The maximum atomic E-state index is 13.7. The minimum atomic E-state index is -0.679. The molecule has 1 saturated heterocycles. The smallest absolute Gasteiger partial charge is 0.257 e. The largest absolute Gasteiger partial charge is 0.497 e. The summed E-state index contributed by atoms with van der Waals surface area (Å²) in [5, 5.41) is 3.21. The molecule has 1 N–H and O–H groups in total. The number of ether oxygens (including phenoxy) is 2. The molecule has 2 saturated carbocycles. The summed E-state index contributed by atoms with van der Waals surface area (Å²) in [6.07, 6.45) is 9.13. The summed E-state index contributed by atoms with van der Waals surface area (Å²) in [6, 6.07) is 6.80. The molecule has 1 heterocycles. The molecule has 164 valence electrons. The van der Waals surface area contributed by atoms with E-state index in [-0.39, 0.29) is 24.5 Å². The molecular weight excluding hydrogens is 380 g/mol. The molecule has 1 aromatic rings. The van der Waals surface area contributed by atoms with Gasteiger partial charge in [-0.05, 0) is 62.6 Å². The summed E-state index contributed by atoms with van der Waals surface area (Å²) in [6.45, 7) is 2.51. The Labute approximate surface area is 179 Å². The van der Waals surface area contributed by atoms with Crippen LogP contribution in [0.5, 0.6) is 5.75 Å². The first-order valence-electron chi connectivity index (χ1n) is 11.4. The van der Waals surface area contributed by atoms with Gasteiger partial charge in [0.05, 0.1) is 13.7 Å². The lowest BCUT2D eigenvalue weighted by Crippen LogP contribution is -2.57. The monoisotopic (exact) mass is 414 g/mol. The fourth-order valence-electron chi connectivity index (χ4n) is 5.22. The maximum Gasteiger partial charge on any atom is 0.257 e. The van der Waals surface area contributed by atoms with Crippen molar-refractivity contribution in [2.75, 3.05) is 13.7 Å². The standard InChI is InChI=1S/C24H34N2O4/c1-17-11-13-24(14-12-17)26(23(28)18-7-6-10-20(15-18)29-2)21(16-30-24)22(27)25-19-8-4-3-5-9-19/h6-7,10,15,17,19,21H,3-5,8-9,11-14,16H2,1-2H3,(H,25,27)/t17?,21-,24?/m0/s1. The van der Waals surface area contributed by atoms with Crippen LogP contribution in [-0.4, -0.2) is 48.2 Å². The molecule has 2 aliphatic carbocycles. The highest BCUT2D eigenvalue weighted by Crippen LogP contribution is 2.43. The fraction of sp³-hybridized carbons (Fsp3) is 0.667. The average molecular weight is 415 g/mol. The van der Waals surface area contributed by atoms with E-state index < -0.39 is 11.8 Å². The summed E-state index contributed by atoms with van der Waals surface area (Å²) in [4.78, 5) is 28.7. The van der Waals surface area contributed by atoms with Crippen LogP contribution in [0.3, 0.4) is 0 Å². The van der Waals surface area contributed by atoms with Gasteiger partial charge in [0.15, 0.2) is 0 Å². The zero-order valence-electron chi connectivity index (χ0n) is 18.2. The number of nitrogens with one attached hydrogen (secondary N) is 1. The second-order valence-electron chi connectivity index (χ2n) is 9.21. The van der Waals surface area contributed by atoms with Gasteiger partial charge in [-0.2, -0.15) is 0 Å². The van der Waals surface area contributed by atoms with Crippen molar-refractivity contribution in [2.24, 2.45) is 5.92 Å². The van der Waals surface area contributed by atoms with Crippen LogP contribution in [0.25, 0.3) is 0 Å². The molecule has 4 rings (SSSR count). The van der Waals surface area contributed by atoms with Crippen molar-refractivity contribution in [3.05, 3.63) is 29.8 Å². The SMILES string of the molecule is COc1cccc(C(=O)N2[C@H](C(=O)NC3CCCCC3)COC23CCC(C)CC3)c1. The molecule has 6 nitrogen and oxygen atoms in total. The van der Waals surface area contributed by atoms with Gasteiger partial charge in [0, 0.05) is 11.6 Å². The van der Waals surface area contributed by atoms with E-state index in [1.165, 1.54) is 6.42 Å². The van der Waals surface area contributed by atoms with E-state index in [1.807, 2.05) is 12.1 Å². The van der Waals surface area contributed by atoms with Crippen molar-refractivity contribution in [3.8, 4) is 5.75 Å². The fourth-order valence-corrected chi connectivity index (χ4v) is 5.22. The molecular formula is C24H34N2O4. The first-order valence-corrected chi connectivity index (χ1v) is 11.4. The average Bonchev–Trinajstić information content (AvgIpc) is 3.15. The topological polar surface area (TPSA) is 67.9 Å². The Balaban J connectivity index is 1.60. The van der Waals surface area contributed by atoms with Crippen LogP contribution in [0.1, 0.15) is 75.1 Å². The highest BCUT2D eigenvalue weighted by Gasteiger charge is 2.53. The summed E-state index contributed by atoms with van der Waals surface area (Å²) in [5.74, 6) is 1.02. The van der Waals surface area contributed by atoms with Gasteiger partial charge in [-0.3, -0.25) is 14.5 Å². The number of rotatable bonds is 4. The van der Waals surface area contributed by atoms with Gasteiger partial charge in [-0.25, -0.2) is 0 Å². The van der Waals surface area contributed by atoms with E-state index in [2.05, 4.69) is 12.2 Å². The van der Waals surface area contributed by atoms with Gasteiger partial charge in [0.2, 0.25) is 5.91 Å². The summed E-state index contributed by atoms with van der Waals surface area (Å²) in [5.41, 5.74) is -0.144. The quantitative estimate of drug-likeness (QED) is 0.812. The van der Waals surface area contributed by atoms with Crippen LogP contribution in [0, 0.1) is 5.92 Å². The summed E-state index contributed by atoms with van der Waals surface area (Å²) < 4.78 is 11.6. The molecule has 1 aromatic carbocycles. The van der Waals surface area contributed by atoms with Gasteiger partial charge >= 0.3 is 0 Å². The normalized spacial score (nSPS) is 29.7. The van der Waals surface area contributed by atoms with Crippen LogP contribution >= 0.6 is 0 Å².